The van der Waals surface area contributed by atoms with Gasteiger partial charge in [-0.2, -0.15) is 4.52 Å². The van der Waals surface area contributed by atoms with Gasteiger partial charge in [0.15, 0.2) is 17.3 Å². The number of amides is 1. The highest BCUT2D eigenvalue weighted by atomic mass is 19.1. The zero-order chi connectivity index (χ0) is 24.7. The van der Waals surface area contributed by atoms with Crippen molar-refractivity contribution in [2.45, 2.75) is 44.7 Å². The number of carbonyl (C=O) groups excluding carboxylic acids is 1. The molecule has 13 heteroatoms. The molecule has 1 aliphatic rings. The third-order valence-electron chi connectivity index (χ3n) is 6.41. The van der Waals surface area contributed by atoms with Gasteiger partial charge in [-0.3, -0.25) is 4.79 Å². The lowest BCUT2D eigenvalue weighted by molar-refractivity contribution is 0.0719. The molecule has 35 heavy (non-hydrogen) atoms. The van der Waals surface area contributed by atoms with Crippen molar-refractivity contribution < 1.29 is 18.3 Å². The lowest BCUT2D eigenvalue weighted by Crippen LogP contribution is -2.37. The summed E-state index contributed by atoms with van der Waals surface area (Å²) in [6, 6.07) is 1.87. The standard InChI is InChI=1S/C22H25F2N9O2/c1-12(31(2)21(34)17-10-26-30-32(17)14-6-7-35-11-14)4-3-5-18-27-20-15-8-13(23)9-16(24)19(15)28-22(25)33(20)29-18/h8-10,12,14H,3-7,11H2,1-2H3,(H2,25,28)/t12-,14?/m0/s1. The van der Waals surface area contributed by atoms with Crippen LogP contribution < -0.4 is 5.73 Å². The Morgan fingerprint density at radius 2 is 2.17 bits per heavy atom. The van der Waals surface area contributed by atoms with Crippen LogP contribution in [-0.2, 0) is 11.2 Å². The molecule has 1 fully saturated rings. The lowest BCUT2D eigenvalue weighted by atomic mass is 10.1. The van der Waals surface area contributed by atoms with Gasteiger partial charge in [0.1, 0.15) is 17.0 Å². The van der Waals surface area contributed by atoms with Crippen LogP contribution >= 0.6 is 0 Å². The van der Waals surface area contributed by atoms with Gasteiger partial charge in [-0.1, -0.05) is 5.21 Å². The summed E-state index contributed by atoms with van der Waals surface area (Å²) < 4.78 is 36.3. The van der Waals surface area contributed by atoms with Crippen LogP contribution in [0.2, 0.25) is 0 Å². The Hall–Kier alpha value is -3.74. The molecule has 0 aliphatic carbocycles. The van der Waals surface area contributed by atoms with Crippen molar-refractivity contribution in [2.75, 3.05) is 26.0 Å². The van der Waals surface area contributed by atoms with E-state index in [1.54, 1.807) is 16.6 Å². The molecule has 0 spiro atoms. The second-order valence-corrected chi connectivity index (χ2v) is 8.76. The van der Waals surface area contributed by atoms with Crippen molar-refractivity contribution in [3.8, 4) is 0 Å². The maximum Gasteiger partial charge on any atom is 0.273 e. The van der Waals surface area contributed by atoms with Gasteiger partial charge in [0.25, 0.3) is 5.91 Å². The first-order chi connectivity index (χ1) is 16.8. The molecule has 11 nitrogen and oxygen atoms in total. The number of hydrogen-bond donors (Lipinski definition) is 1. The first kappa shape index (κ1) is 23.0. The van der Waals surface area contributed by atoms with Crippen molar-refractivity contribution in [3.05, 3.63) is 41.5 Å². The van der Waals surface area contributed by atoms with E-state index in [4.69, 9.17) is 10.5 Å². The summed E-state index contributed by atoms with van der Waals surface area (Å²) in [7, 11) is 1.75. The molecule has 1 aliphatic heterocycles. The molecule has 1 saturated heterocycles. The second-order valence-electron chi connectivity index (χ2n) is 8.76. The summed E-state index contributed by atoms with van der Waals surface area (Å²) >= 11 is 0. The number of halogens is 2. The van der Waals surface area contributed by atoms with Crippen molar-refractivity contribution in [2.24, 2.45) is 0 Å². The summed E-state index contributed by atoms with van der Waals surface area (Å²) in [6.07, 6.45) is 4.13. The average molecular weight is 485 g/mol. The quantitative estimate of drug-likeness (QED) is 0.422. The minimum atomic E-state index is -0.808. The molecule has 4 aromatic rings. The van der Waals surface area contributed by atoms with Crippen LogP contribution in [0.3, 0.4) is 0 Å². The number of rotatable bonds is 7. The molecule has 184 valence electrons. The van der Waals surface area contributed by atoms with E-state index in [0.717, 1.165) is 12.5 Å². The molecule has 1 unspecified atom stereocenters. The van der Waals surface area contributed by atoms with Gasteiger partial charge in [0.05, 0.1) is 24.2 Å². The molecular formula is C22H25F2N9O2. The fraction of sp³-hybridized carbons (Fsp3) is 0.455. The van der Waals surface area contributed by atoms with E-state index in [1.165, 1.54) is 16.8 Å². The fourth-order valence-corrected chi connectivity index (χ4v) is 4.32. The van der Waals surface area contributed by atoms with Gasteiger partial charge in [0.2, 0.25) is 5.95 Å². The zero-order valence-electron chi connectivity index (χ0n) is 19.4. The Morgan fingerprint density at radius 1 is 1.34 bits per heavy atom. The van der Waals surface area contributed by atoms with Gasteiger partial charge in [-0.15, -0.1) is 10.2 Å². The average Bonchev–Trinajstić information content (AvgIpc) is 3.59. The number of ether oxygens (including phenoxy) is 1. The largest absolute Gasteiger partial charge is 0.379 e. The van der Waals surface area contributed by atoms with Crippen LogP contribution in [0.15, 0.2) is 18.3 Å². The smallest absolute Gasteiger partial charge is 0.273 e. The lowest BCUT2D eigenvalue weighted by Gasteiger charge is -2.25. The van der Waals surface area contributed by atoms with Crippen molar-refractivity contribution in [1.29, 1.82) is 0 Å². The SMILES string of the molecule is C[C@@H](CCCc1nc2c3cc(F)cc(F)c3nc(N)n2n1)N(C)C(=O)c1cnnn1C1CCOC1. The fourth-order valence-electron chi connectivity index (χ4n) is 4.32. The maximum absolute atomic E-state index is 14.1. The number of nitrogens with two attached hydrogens (primary N) is 1. The van der Waals surface area contributed by atoms with E-state index >= 15 is 0 Å². The third kappa shape index (κ3) is 4.27. The van der Waals surface area contributed by atoms with Crippen LogP contribution in [-0.4, -0.2) is 71.7 Å². The van der Waals surface area contributed by atoms with Gasteiger partial charge in [0, 0.05) is 32.2 Å². The maximum atomic E-state index is 14.1. The van der Waals surface area contributed by atoms with E-state index in [-0.39, 0.29) is 40.5 Å². The Kier molecular flexibility index (Phi) is 6.01. The Labute approximate surface area is 198 Å². The summed E-state index contributed by atoms with van der Waals surface area (Å²) in [5.74, 6) is -1.26. The van der Waals surface area contributed by atoms with E-state index < -0.39 is 11.6 Å². The predicted molar refractivity (Wildman–Crippen MR) is 122 cm³/mol. The van der Waals surface area contributed by atoms with Crippen molar-refractivity contribution in [1.82, 2.24) is 39.5 Å². The molecule has 1 amide bonds. The van der Waals surface area contributed by atoms with E-state index in [2.05, 4.69) is 25.4 Å². The number of hydrogen-bond acceptors (Lipinski definition) is 8. The van der Waals surface area contributed by atoms with E-state index in [1.807, 2.05) is 6.92 Å². The monoisotopic (exact) mass is 485 g/mol. The van der Waals surface area contributed by atoms with Gasteiger partial charge < -0.3 is 15.4 Å². The second kappa shape index (κ2) is 9.13. The summed E-state index contributed by atoms with van der Waals surface area (Å²) in [6.45, 7) is 3.12. The van der Waals surface area contributed by atoms with Crippen LogP contribution in [0.5, 0.6) is 0 Å². The number of benzene rings is 1. The molecule has 2 N–H and O–H groups in total. The molecule has 0 radical (unpaired) electrons. The Balaban J connectivity index is 1.26. The molecule has 4 heterocycles. The zero-order valence-corrected chi connectivity index (χ0v) is 19.4. The number of nitrogens with zero attached hydrogens (tertiary/aromatic N) is 8. The number of anilines is 1. The first-order valence-corrected chi connectivity index (χ1v) is 11.4. The minimum Gasteiger partial charge on any atom is -0.379 e. The normalized spacial score (nSPS) is 16.9. The summed E-state index contributed by atoms with van der Waals surface area (Å²) in [4.78, 5) is 23.2. The van der Waals surface area contributed by atoms with E-state index in [0.29, 0.717) is 44.0 Å². The van der Waals surface area contributed by atoms with Gasteiger partial charge in [-0.05, 0) is 32.3 Å². The van der Waals surface area contributed by atoms with Crippen LogP contribution in [0.1, 0.15) is 48.5 Å². The number of aromatic nitrogens is 7. The molecule has 1 aromatic carbocycles. The van der Waals surface area contributed by atoms with Crippen LogP contribution in [0.4, 0.5) is 14.7 Å². The molecule has 5 rings (SSSR count). The molecule has 0 bridgehead atoms. The third-order valence-corrected chi connectivity index (χ3v) is 6.41. The van der Waals surface area contributed by atoms with Gasteiger partial charge >= 0.3 is 0 Å². The Bertz CT molecular complexity index is 1400. The molecular weight excluding hydrogens is 460 g/mol. The van der Waals surface area contributed by atoms with Crippen LogP contribution in [0.25, 0.3) is 16.6 Å². The Morgan fingerprint density at radius 3 is 2.94 bits per heavy atom. The molecule has 2 atom stereocenters. The number of fused-ring (bicyclic) bond motifs is 3. The highest BCUT2D eigenvalue weighted by Crippen LogP contribution is 2.24. The number of aryl methyl sites for hydroxylation is 1. The topological polar surface area (TPSA) is 129 Å². The highest BCUT2D eigenvalue weighted by Gasteiger charge is 2.27. The van der Waals surface area contributed by atoms with E-state index in [9.17, 15) is 13.6 Å². The minimum absolute atomic E-state index is 0.0150. The molecule has 0 saturated carbocycles. The summed E-state index contributed by atoms with van der Waals surface area (Å²) in [5, 5.41) is 12.6. The van der Waals surface area contributed by atoms with Gasteiger partial charge in [-0.25, -0.2) is 23.4 Å². The van der Waals surface area contributed by atoms with Crippen LogP contribution in [0, 0.1) is 11.6 Å². The van der Waals surface area contributed by atoms with Crippen molar-refractivity contribution >= 4 is 28.4 Å². The predicted octanol–water partition coefficient (Wildman–Crippen LogP) is 2.17. The first-order valence-electron chi connectivity index (χ1n) is 11.4. The molecule has 3 aromatic heterocycles. The highest BCUT2D eigenvalue weighted by molar-refractivity contribution is 5.93. The summed E-state index contributed by atoms with van der Waals surface area (Å²) in [5.41, 5.74) is 6.55. The van der Waals surface area contributed by atoms with Crippen molar-refractivity contribution in [3.63, 3.8) is 0 Å². The number of nitrogen functional groups attached to an aromatic ring is 1. The number of carbonyl (C=O) groups is 1.